The van der Waals surface area contributed by atoms with Crippen LogP contribution in [0.1, 0.15) is 86.0 Å². The molecule has 1 aromatic heterocycles. The molecule has 0 saturated carbocycles. The number of benzene rings is 2. The lowest BCUT2D eigenvalue weighted by molar-refractivity contribution is -0.147. The zero-order valence-electron chi connectivity index (χ0n) is 26.5. The van der Waals surface area contributed by atoms with Crippen molar-refractivity contribution in [2.75, 3.05) is 32.7 Å². The number of piperidine rings is 1. The van der Waals surface area contributed by atoms with E-state index >= 15 is 0 Å². The average Bonchev–Trinajstić information content (AvgIpc) is 3.56. The van der Waals surface area contributed by atoms with Crippen molar-refractivity contribution in [1.29, 1.82) is 5.26 Å². The number of hydrogen-bond acceptors (Lipinski definition) is 5. The number of nitriles is 1. The van der Waals surface area contributed by atoms with E-state index < -0.39 is 12.0 Å². The quantitative estimate of drug-likeness (QED) is 0.330. The number of hydrogen-bond donors (Lipinski definition) is 1. The molecular weight excluding hydrogens is 534 g/mol. The van der Waals surface area contributed by atoms with Gasteiger partial charge in [0.05, 0.1) is 17.3 Å². The fourth-order valence-corrected chi connectivity index (χ4v) is 7.46. The third-order valence-corrected chi connectivity index (χ3v) is 9.49. The van der Waals surface area contributed by atoms with Crippen molar-refractivity contribution in [3.05, 3.63) is 88.2 Å². The van der Waals surface area contributed by atoms with Gasteiger partial charge < -0.3 is 10.0 Å². The molecule has 7 heteroatoms. The number of aromatic nitrogens is 2. The van der Waals surface area contributed by atoms with E-state index in [0.29, 0.717) is 23.3 Å². The van der Waals surface area contributed by atoms with Crippen LogP contribution in [0.2, 0.25) is 0 Å². The van der Waals surface area contributed by atoms with Crippen LogP contribution >= 0.6 is 0 Å². The Morgan fingerprint density at radius 3 is 2.42 bits per heavy atom. The summed E-state index contributed by atoms with van der Waals surface area (Å²) in [6, 6.07) is 20.6. The Bertz CT molecular complexity index is 1440. The molecule has 0 radical (unpaired) electrons. The number of carbonyl (C=O) groups is 1. The summed E-state index contributed by atoms with van der Waals surface area (Å²) < 4.78 is 2.18. The molecule has 0 bridgehead atoms. The van der Waals surface area contributed by atoms with Crippen LogP contribution < -0.4 is 0 Å². The second-order valence-electron chi connectivity index (χ2n) is 13.8. The van der Waals surface area contributed by atoms with Crippen molar-refractivity contribution in [3.8, 4) is 6.07 Å². The van der Waals surface area contributed by atoms with Crippen LogP contribution in [-0.4, -0.2) is 69.4 Å². The number of aliphatic carboxylic acids is 1. The minimum absolute atomic E-state index is 0.327. The van der Waals surface area contributed by atoms with Crippen molar-refractivity contribution >= 4 is 5.97 Å². The van der Waals surface area contributed by atoms with Gasteiger partial charge in [-0.25, -0.2) is 0 Å². The van der Waals surface area contributed by atoms with Gasteiger partial charge in [0.25, 0.3) is 0 Å². The summed E-state index contributed by atoms with van der Waals surface area (Å²) in [6.45, 7) is 16.0. The van der Waals surface area contributed by atoms with Crippen LogP contribution in [0.5, 0.6) is 0 Å². The summed E-state index contributed by atoms with van der Waals surface area (Å²) >= 11 is 0. The van der Waals surface area contributed by atoms with E-state index in [-0.39, 0.29) is 5.41 Å². The van der Waals surface area contributed by atoms with Crippen LogP contribution in [0, 0.1) is 29.6 Å². The maximum absolute atomic E-state index is 12.4. The number of carboxylic acid groups (broad SMARTS) is 1. The Balaban J connectivity index is 1.26. The zero-order valence-corrected chi connectivity index (χ0v) is 26.5. The molecule has 0 amide bonds. The van der Waals surface area contributed by atoms with E-state index in [1.807, 2.05) is 45.0 Å². The molecule has 1 N–H and O–H groups in total. The van der Waals surface area contributed by atoms with E-state index in [9.17, 15) is 9.90 Å². The fraction of sp³-hybridized carbons (Fsp3) is 0.528. The summed E-state index contributed by atoms with van der Waals surface area (Å²) in [5.41, 5.74) is 6.53. The molecule has 2 fully saturated rings. The number of aryl methyl sites for hydroxylation is 2. The molecule has 2 saturated heterocycles. The molecule has 0 spiro atoms. The molecule has 3 heterocycles. The summed E-state index contributed by atoms with van der Waals surface area (Å²) in [4.78, 5) is 17.3. The fourth-order valence-electron chi connectivity index (χ4n) is 7.46. The lowest BCUT2D eigenvalue weighted by Crippen LogP contribution is -2.48. The number of rotatable bonds is 9. The highest BCUT2D eigenvalue weighted by Crippen LogP contribution is 2.39. The highest BCUT2D eigenvalue weighted by Gasteiger charge is 2.44. The average molecular weight is 582 g/mol. The van der Waals surface area contributed by atoms with Gasteiger partial charge in [-0.05, 0) is 80.4 Å². The van der Waals surface area contributed by atoms with E-state index in [2.05, 4.69) is 64.7 Å². The first-order chi connectivity index (χ1) is 20.5. The Kier molecular flexibility index (Phi) is 9.39. The molecule has 7 nitrogen and oxygen atoms in total. The van der Waals surface area contributed by atoms with Gasteiger partial charge in [-0.2, -0.15) is 10.4 Å². The zero-order chi connectivity index (χ0) is 30.7. The van der Waals surface area contributed by atoms with Crippen LogP contribution in [0.4, 0.5) is 0 Å². The van der Waals surface area contributed by atoms with Crippen LogP contribution in [0.25, 0.3) is 0 Å². The second-order valence-corrected chi connectivity index (χ2v) is 13.8. The second kappa shape index (κ2) is 13.0. The standard InChI is InChI=1S/C36H47N5O2/c1-6-41-33(20-31(38-41)19-26-10-12-27(21-37)13-11-26)28-14-16-39(17-15-28)22-30-23-40(34(35(42)43)36(3,4)5)24-32(30)29-9-7-8-25(2)18-29/h7-13,18,20,28,30,32,34H,6,14-17,19,22-24H2,1-5H3,(H,42,43). The summed E-state index contributed by atoms with van der Waals surface area (Å²) in [6.07, 6.45) is 2.98. The van der Waals surface area contributed by atoms with Gasteiger partial charge >= 0.3 is 5.97 Å². The summed E-state index contributed by atoms with van der Waals surface area (Å²) in [5.74, 6) is 0.488. The summed E-state index contributed by atoms with van der Waals surface area (Å²) in [7, 11) is 0. The van der Waals surface area contributed by atoms with Gasteiger partial charge in [0, 0.05) is 50.1 Å². The third-order valence-electron chi connectivity index (χ3n) is 9.49. The normalized spacial score (nSPS) is 21.1. The molecule has 0 aliphatic carbocycles. The molecule has 2 aliphatic rings. The van der Waals surface area contributed by atoms with Crippen LogP contribution in [0.3, 0.4) is 0 Å². The SMILES string of the molecule is CCn1nc(Cc2ccc(C#N)cc2)cc1C1CCN(CC2CN(C(C(=O)O)C(C)(C)C)CC2c2cccc(C)c2)CC1. The first kappa shape index (κ1) is 31.0. The van der Waals surface area contributed by atoms with Crippen LogP contribution in [-0.2, 0) is 17.8 Å². The highest BCUT2D eigenvalue weighted by atomic mass is 16.4. The Morgan fingerprint density at radius 2 is 1.81 bits per heavy atom. The smallest absolute Gasteiger partial charge is 0.321 e. The Morgan fingerprint density at radius 1 is 1.09 bits per heavy atom. The number of likely N-dealkylation sites (tertiary alicyclic amines) is 2. The van der Waals surface area contributed by atoms with Gasteiger partial charge in [-0.3, -0.25) is 14.4 Å². The molecule has 2 aromatic carbocycles. The van der Waals surface area contributed by atoms with E-state index in [4.69, 9.17) is 10.4 Å². The molecular formula is C36H47N5O2. The van der Waals surface area contributed by atoms with Crippen molar-refractivity contribution in [3.63, 3.8) is 0 Å². The Hall–Kier alpha value is -3.47. The molecule has 3 atom stereocenters. The lowest BCUT2D eigenvalue weighted by Gasteiger charge is -2.36. The van der Waals surface area contributed by atoms with Crippen molar-refractivity contribution < 1.29 is 9.90 Å². The largest absolute Gasteiger partial charge is 0.480 e. The third kappa shape index (κ3) is 7.20. The lowest BCUT2D eigenvalue weighted by atomic mass is 9.85. The highest BCUT2D eigenvalue weighted by molar-refractivity contribution is 5.74. The maximum atomic E-state index is 12.4. The maximum Gasteiger partial charge on any atom is 0.321 e. The summed E-state index contributed by atoms with van der Waals surface area (Å²) in [5, 5.41) is 24.2. The van der Waals surface area contributed by atoms with Crippen molar-refractivity contribution in [1.82, 2.24) is 19.6 Å². The van der Waals surface area contributed by atoms with E-state index in [1.165, 1.54) is 22.4 Å². The van der Waals surface area contributed by atoms with Crippen molar-refractivity contribution in [2.45, 2.75) is 78.3 Å². The number of nitrogens with zero attached hydrogens (tertiary/aromatic N) is 5. The minimum Gasteiger partial charge on any atom is -0.480 e. The van der Waals surface area contributed by atoms with Gasteiger partial charge in [-0.15, -0.1) is 0 Å². The Labute approximate surface area is 257 Å². The first-order valence-corrected chi connectivity index (χ1v) is 15.9. The molecule has 3 unspecified atom stereocenters. The minimum atomic E-state index is -0.719. The van der Waals surface area contributed by atoms with Gasteiger partial charge in [-0.1, -0.05) is 62.7 Å². The van der Waals surface area contributed by atoms with E-state index in [0.717, 1.165) is 64.2 Å². The topological polar surface area (TPSA) is 85.4 Å². The first-order valence-electron chi connectivity index (χ1n) is 15.9. The predicted octanol–water partition coefficient (Wildman–Crippen LogP) is 6.07. The molecule has 3 aromatic rings. The predicted molar refractivity (Wildman–Crippen MR) is 170 cm³/mol. The van der Waals surface area contributed by atoms with E-state index in [1.54, 1.807) is 0 Å². The number of carboxylic acids is 1. The van der Waals surface area contributed by atoms with Gasteiger partial charge in [0.15, 0.2) is 0 Å². The van der Waals surface area contributed by atoms with Crippen molar-refractivity contribution in [2.24, 2.45) is 11.3 Å². The molecule has 5 rings (SSSR count). The molecule has 228 valence electrons. The monoisotopic (exact) mass is 581 g/mol. The van der Waals surface area contributed by atoms with Crippen LogP contribution in [0.15, 0.2) is 54.6 Å². The molecule has 2 aliphatic heterocycles. The van der Waals surface area contributed by atoms with Gasteiger partial charge in [0.2, 0.25) is 0 Å². The van der Waals surface area contributed by atoms with Gasteiger partial charge in [0.1, 0.15) is 6.04 Å². The molecule has 43 heavy (non-hydrogen) atoms.